The first-order valence-electron chi connectivity index (χ1n) is 6.86. The van der Waals surface area contributed by atoms with E-state index in [9.17, 15) is 0 Å². The van der Waals surface area contributed by atoms with Crippen molar-refractivity contribution in [2.45, 2.75) is 13.0 Å². The molecule has 2 N–H and O–H groups in total. The molecule has 20 heavy (non-hydrogen) atoms. The molecule has 0 heterocycles. The molecule has 0 aromatic heterocycles. The molecule has 2 aromatic rings. The summed E-state index contributed by atoms with van der Waals surface area (Å²) >= 11 is 0. The number of rotatable bonds is 6. The van der Waals surface area contributed by atoms with Gasteiger partial charge in [-0.2, -0.15) is 0 Å². The van der Waals surface area contributed by atoms with Crippen molar-refractivity contribution in [3.63, 3.8) is 0 Å². The van der Waals surface area contributed by atoms with Crippen LogP contribution in [-0.2, 0) is 13.0 Å². The second-order valence-corrected chi connectivity index (χ2v) is 4.91. The van der Waals surface area contributed by atoms with E-state index in [0.29, 0.717) is 6.54 Å². The van der Waals surface area contributed by atoms with Gasteiger partial charge in [0.05, 0.1) is 7.11 Å². The van der Waals surface area contributed by atoms with Gasteiger partial charge in [0.1, 0.15) is 5.75 Å². The van der Waals surface area contributed by atoms with Gasteiger partial charge in [0.2, 0.25) is 0 Å². The van der Waals surface area contributed by atoms with Crippen LogP contribution in [0.2, 0.25) is 0 Å². The summed E-state index contributed by atoms with van der Waals surface area (Å²) in [5.41, 5.74) is 9.33. The van der Waals surface area contributed by atoms with Crippen molar-refractivity contribution in [3.05, 3.63) is 59.7 Å². The minimum absolute atomic E-state index is 0.700. The van der Waals surface area contributed by atoms with E-state index in [1.807, 2.05) is 12.1 Å². The number of nitrogens with zero attached hydrogens (tertiary/aromatic N) is 1. The van der Waals surface area contributed by atoms with Gasteiger partial charge in [-0.25, -0.2) is 0 Å². The zero-order valence-electron chi connectivity index (χ0n) is 12.2. The molecule has 2 rings (SSSR count). The van der Waals surface area contributed by atoms with Crippen molar-refractivity contribution < 1.29 is 4.74 Å². The Kier molecular flexibility index (Phi) is 5.02. The highest BCUT2D eigenvalue weighted by atomic mass is 16.5. The van der Waals surface area contributed by atoms with Crippen LogP contribution < -0.4 is 15.4 Å². The molecule has 0 amide bonds. The molecule has 0 aliphatic heterocycles. The second-order valence-electron chi connectivity index (χ2n) is 4.91. The van der Waals surface area contributed by atoms with Gasteiger partial charge >= 0.3 is 0 Å². The highest BCUT2D eigenvalue weighted by molar-refractivity contribution is 5.48. The van der Waals surface area contributed by atoms with Gasteiger partial charge < -0.3 is 15.4 Å². The lowest BCUT2D eigenvalue weighted by Crippen LogP contribution is -2.16. The van der Waals surface area contributed by atoms with E-state index in [0.717, 1.165) is 18.7 Å². The third-order valence-electron chi connectivity index (χ3n) is 3.39. The van der Waals surface area contributed by atoms with Crippen molar-refractivity contribution in [1.29, 1.82) is 0 Å². The first-order chi connectivity index (χ1) is 9.72. The van der Waals surface area contributed by atoms with E-state index in [4.69, 9.17) is 10.5 Å². The van der Waals surface area contributed by atoms with Crippen LogP contribution in [0.15, 0.2) is 48.5 Å². The summed E-state index contributed by atoms with van der Waals surface area (Å²) in [6.07, 6.45) is 0.939. The molecule has 0 spiro atoms. The molecule has 0 saturated heterocycles. The Labute approximate surface area is 121 Å². The molecule has 0 aliphatic carbocycles. The van der Waals surface area contributed by atoms with Gasteiger partial charge in [-0.1, -0.05) is 24.3 Å². The van der Waals surface area contributed by atoms with E-state index >= 15 is 0 Å². The van der Waals surface area contributed by atoms with Crippen LogP contribution in [0.3, 0.4) is 0 Å². The lowest BCUT2D eigenvalue weighted by Gasteiger charge is -2.20. The van der Waals surface area contributed by atoms with E-state index in [1.54, 1.807) is 7.11 Å². The maximum atomic E-state index is 5.56. The van der Waals surface area contributed by atoms with E-state index in [-0.39, 0.29) is 0 Å². The van der Waals surface area contributed by atoms with Crippen molar-refractivity contribution in [2.24, 2.45) is 5.73 Å². The Morgan fingerprint density at radius 1 is 0.950 bits per heavy atom. The average molecular weight is 270 g/mol. The lowest BCUT2D eigenvalue weighted by molar-refractivity contribution is 0.415. The lowest BCUT2D eigenvalue weighted by atomic mass is 10.1. The molecule has 2 aromatic carbocycles. The highest BCUT2D eigenvalue weighted by Gasteiger charge is 2.03. The molecule has 106 valence electrons. The van der Waals surface area contributed by atoms with E-state index < -0.39 is 0 Å². The Hall–Kier alpha value is -2.00. The first-order valence-corrected chi connectivity index (χ1v) is 6.86. The number of hydrogen-bond acceptors (Lipinski definition) is 3. The van der Waals surface area contributed by atoms with Crippen molar-refractivity contribution in [1.82, 2.24) is 0 Å². The number of anilines is 1. The Morgan fingerprint density at radius 3 is 2.10 bits per heavy atom. The van der Waals surface area contributed by atoms with Crippen molar-refractivity contribution >= 4 is 5.69 Å². The van der Waals surface area contributed by atoms with Crippen LogP contribution in [-0.4, -0.2) is 20.7 Å². The fraction of sp³-hybridized carbons (Fsp3) is 0.294. The highest BCUT2D eigenvalue weighted by Crippen LogP contribution is 2.19. The predicted molar refractivity (Wildman–Crippen MR) is 84.3 cm³/mol. The maximum absolute atomic E-state index is 5.56. The number of ether oxygens (including phenoxy) is 1. The van der Waals surface area contributed by atoms with Crippen LogP contribution >= 0.6 is 0 Å². The van der Waals surface area contributed by atoms with Crippen LogP contribution in [0.5, 0.6) is 5.75 Å². The molecule has 0 saturated carbocycles. The first kappa shape index (κ1) is 14.4. The minimum Gasteiger partial charge on any atom is -0.497 e. The Balaban J connectivity index is 2.00. The van der Waals surface area contributed by atoms with Crippen LogP contribution in [0.1, 0.15) is 11.1 Å². The molecule has 0 fully saturated rings. The van der Waals surface area contributed by atoms with Gasteiger partial charge in [-0.15, -0.1) is 0 Å². The number of benzene rings is 2. The molecule has 0 unspecified atom stereocenters. The summed E-state index contributed by atoms with van der Waals surface area (Å²) in [6, 6.07) is 16.8. The smallest absolute Gasteiger partial charge is 0.119 e. The molecular formula is C17H22N2O. The quantitative estimate of drug-likeness (QED) is 0.877. The van der Waals surface area contributed by atoms with E-state index in [2.05, 4.69) is 48.3 Å². The third-order valence-corrected chi connectivity index (χ3v) is 3.39. The number of nitrogens with two attached hydrogens (primary N) is 1. The largest absolute Gasteiger partial charge is 0.497 e. The zero-order valence-corrected chi connectivity index (χ0v) is 12.2. The topological polar surface area (TPSA) is 38.5 Å². The normalized spacial score (nSPS) is 10.3. The van der Waals surface area contributed by atoms with Crippen LogP contribution in [0.4, 0.5) is 5.69 Å². The Morgan fingerprint density at radius 2 is 1.55 bits per heavy atom. The summed E-state index contributed by atoms with van der Waals surface area (Å²) < 4.78 is 5.17. The van der Waals surface area contributed by atoms with Gasteiger partial charge in [0.25, 0.3) is 0 Å². The number of methoxy groups -OCH3 is 1. The SMILES string of the molecule is COc1ccc(N(C)Cc2ccc(CCN)cc2)cc1. The molecule has 0 bridgehead atoms. The predicted octanol–water partition coefficient (Wildman–Crippen LogP) is 2.83. The summed E-state index contributed by atoms with van der Waals surface area (Å²) in [5, 5.41) is 0. The van der Waals surface area contributed by atoms with Crippen molar-refractivity contribution in [2.75, 3.05) is 25.6 Å². The van der Waals surface area contributed by atoms with Crippen molar-refractivity contribution in [3.8, 4) is 5.75 Å². The molecule has 0 atom stereocenters. The monoisotopic (exact) mass is 270 g/mol. The van der Waals surface area contributed by atoms with E-state index in [1.165, 1.54) is 16.8 Å². The van der Waals surface area contributed by atoms with Crippen LogP contribution in [0, 0.1) is 0 Å². The maximum Gasteiger partial charge on any atom is 0.119 e. The molecule has 0 radical (unpaired) electrons. The summed E-state index contributed by atoms with van der Waals surface area (Å²) in [5.74, 6) is 0.883. The summed E-state index contributed by atoms with van der Waals surface area (Å²) in [6.45, 7) is 1.58. The zero-order chi connectivity index (χ0) is 14.4. The second kappa shape index (κ2) is 6.96. The summed E-state index contributed by atoms with van der Waals surface area (Å²) in [4.78, 5) is 2.22. The Bertz CT molecular complexity index is 520. The average Bonchev–Trinajstić information content (AvgIpc) is 2.49. The standard InChI is InChI=1S/C17H22N2O/c1-19(16-7-9-17(20-2)10-8-16)13-15-5-3-14(4-6-15)11-12-18/h3-10H,11-13,18H2,1-2H3. The summed E-state index contributed by atoms with van der Waals surface area (Å²) in [7, 11) is 3.78. The van der Waals surface area contributed by atoms with Gasteiger partial charge in [0.15, 0.2) is 0 Å². The molecular weight excluding hydrogens is 248 g/mol. The molecule has 3 heteroatoms. The third kappa shape index (κ3) is 3.75. The van der Waals surface area contributed by atoms with Gasteiger partial charge in [-0.05, 0) is 48.4 Å². The minimum atomic E-state index is 0.700. The number of hydrogen-bond donors (Lipinski definition) is 1. The molecule has 3 nitrogen and oxygen atoms in total. The fourth-order valence-corrected chi connectivity index (χ4v) is 2.18. The van der Waals surface area contributed by atoms with Gasteiger partial charge in [0, 0.05) is 19.3 Å². The fourth-order valence-electron chi connectivity index (χ4n) is 2.18. The van der Waals surface area contributed by atoms with Gasteiger partial charge in [-0.3, -0.25) is 0 Å². The molecule has 0 aliphatic rings. The van der Waals surface area contributed by atoms with Crippen LogP contribution in [0.25, 0.3) is 0 Å².